The predicted octanol–water partition coefficient (Wildman–Crippen LogP) is 3.50. The molecule has 0 heterocycles. The van der Waals surface area contributed by atoms with Gasteiger partial charge in [-0.25, -0.2) is 0 Å². The molecule has 3 unspecified atom stereocenters. The highest BCUT2D eigenvalue weighted by atomic mass is 16.5. The Hall–Kier alpha value is -1.02. The van der Waals surface area contributed by atoms with E-state index < -0.39 is 0 Å². The van der Waals surface area contributed by atoms with Crippen molar-refractivity contribution in [2.24, 2.45) is 5.92 Å². The van der Waals surface area contributed by atoms with Crippen molar-refractivity contribution >= 4 is 0 Å². The number of nitrogens with one attached hydrogen (secondary N) is 1. The normalized spacial score (nSPS) is 27.4. The number of benzene rings is 1. The zero-order valence-electron chi connectivity index (χ0n) is 12.0. The fourth-order valence-corrected chi connectivity index (χ4v) is 3.35. The molecule has 0 spiro atoms. The summed E-state index contributed by atoms with van der Waals surface area (Å²) in [5.41, 5.74) is 2.87. The zero-order chi connectivity index (χ0) is 13.1. The number of aryl methyl sites for hydroxylation is 1. The van der Waals surface area contributed by atoms with Gasteiger partial charge in [-0.15, -0.1) is 0 Å². The van der Waals surface area contributed by atoms with E-state index in [1.807, 2.05) is 0 Å². The number of hydrogen-bond acceptors (Lipinski definition) is 2. The molecule has 2 heteroatoms. The van der Waals surface area contributed by atoms with Gasteiger partial charge in [0.15, 0.2) is 0 Å². The third-order valence-electron chi connectivity index (χ3n) is 4.40. The summed E-state index contributed by atoms with van der Waals surface area (Å²) in [5.74, 6) is 2.38. The first kappa shape index (κ1) is 13.4. The largest absolute Gasteiger partial charge is 0.497 e. The van der Waals surface area contributed by atoms with Crippen molar-refractivity contribution in [3.63, 3.8) is 0 Å². The van der Waals surface area contributed by atoms with E-state index in [0.29, 0.717) is 12.0 Å². The van der Waals surface area contributed by atoms with E-state index in [-0.39, 0.29) is 0 Å². The van der Waals surface area contributed by atoms with Gasteiger partial charge in [-0.3, -0.25) is 0 Å². The second kappa shape index (κ2) is 5.75. The molecule has 1 aromatic carbocycles. The Bertz CT molecular complexity index is 402. The predicted molar refractivity (Wildman–Crippen MR) is 76.3 cm³/mol. The molecule has 0 amide bonds. The minimum atomic E-state index is 0.682. The number of ether oxygens (including phenoxy) is 1. The van der Waals surface area contributed by atoms with Gasteiger partial charge >= 0.3 is 0 Å². The molecule has 0 radical (unpaired) electrons. The molecule has 1 N–H and O–H groups in total. The van der Waals surface area contributed by atoms with Crippen LogP contribution < -0.4 is 10.1 Å². The van der Waals surface area contributed by atoms with Gasteiger partial charge in [-0.2, -0.15) is 0 Å². The Labute approximate surface area is 111 Å². The first-order chi connectivity index (χ1) is 8.67. The van der Waals surface area contributed by atoms with Crippen LogP contribution in [0.3, 0.4) is 0 Å². The molecule has 2 nitrogen and oxygen atoms in total. The van der Waals surface area contributed by atoms with Crippen LogP contribution in [-0.2, 0) is 0 Å². The van der Waals surface area contributed by atoms with E-state index >= 15 is 0 Å². The van der Waals surface area contributed by atoms with Gasteiger partial charge in [0.1, 0.15) is 5.75 Å². The van der Waals surface area contributed by atoms with Gasteiger partial charge in [-0.05, 0) is 61.4 Å². The minimum Gasteiger partial charge on any atom is -0.497 e. The van der Waals surface area contributed by atoms with Crippen LogP contribution in [0.15, 0.2) is 18.2 Å². The second-order valence-corrected chi connectivity index (χ2v) is 5.43. The van der Waals surface area contributed by atoms with Crippen molar-refractivity contribution in [1.29, 1.82) is 0 Å². The van der Waals surface area contributed by atoms with Gasteiger partial charge in [-0.1, -0.05) is 19.9 Å². The lowest BCUT2D eigenvalue weighted by molar-refractivity contribution is 0.407. The summed E-state index contributed by atoms with van der Waals surface area (Å²) in [7, 11) is 1.73. The lowest BCUT2D eigenvalue weighted by atomic mass is 9.86. The highest BCUT2D eigenvalue weighted by molar-refractivity contribution is 5.37. The Morgan fingerprint density at radius 2 is 2.11 bits per heavy atom. The van der Waals surface area contributed by atoms with Gasteiger partial charge in [0.25, 0.3) is 0 Å². The van der Waals surface area contributed by atoms with Crippen LogP contribution in [0, 0.1) is 12.8 Å². The van der Waals surface area contributed by atoms with E-state index in [1.165, 1.54) is 24.0 Å². The average Bonchev–Trinajstić information content (AvgIpc) is 2.72. The Balaban J connectivity index is 2.17. The lowest BCUT2D eigenvalue weighted by Gasteiger charge is -2.23. The summed E-state index contributed by atoms with van der Waals surface area (Å²) < 4.78 is 5.29. The molecule has 1 saturated carbocycles. The van der Waals surface area contributed by atoms with Crippen LogP contribution in [-0.4, -0.2) is 19.7 Å². The van der Waals surface area contributed by atoms with Gasteiger partial charge in [0.2, 0.25) is 0 Å². The molecular formula is C16H25NO. The highest BCUT2D eigenvalue weighted by Crippen LogP contribution is 2.41. The summed E-state index contributed by atoms with van der Waals surface area (Å²) in [6.45, 7) is 7.85. The number of methoxy groups -OCH3 is 1. The molecular weight excluding hydrogens is 222 g/mol. The van der Waals surface area contributed by atoms with Crippen molar-refractivity contribution in [3.05, 3.63) is 29.3 Å². The maximum atomic E-state index is 5.29. The van der Waals surface area contributed by atoms with Crippen LogP contribution in [0.4, 0.5) is 0 Å². The summed E-state index contributed by atoms with van der Waals surface area (Å²) in [6.07, 6.45) is 2.59. The van der Waals surface area contributed by atoms with Crippen LogP contribution >= 0.6 is 0 Å². The van der Waals surface area contributed by atoms with Crippen LogP contribution in [0.5, 0.6) is 5.75 Å². The number of rotatable bonds is 4. The van der Waals surface area contributed by atoms with E-state index in [9.17, 15) is 0 Å². The molecule has 0 saturated heterocycles. The Kier molecular flexibility index (Phi) is 4.28. The van der Waals surface area contributed by atoms with Crippen molar-refractivity contribution < 1.29 is 4.74 Å². The number of hydrogen-bond donors (Lipinski definition) is 1. The molecule has 0 bridgehead atoms. The van der Waals surface area contributed by atoms with Crippen molar-refractivity contribution in [1.82, 2.24) is 5.32 Å². The van der Waals surface area contributed by atoms with Crippen LogP contribution in [0.2, 0.25) is 0 Å². The fraction of sp³-hybridized carbons (Fsp3) is 0.625. The maximum absolute atomic E-state index is 5.29. The molecule has 1 aliphatic rings. The Morgan fingerprint density at radius 3 is 2.72 bits per heavy atom. The third-order valence-corrected chi connectivity index (χ3v) is 4.40. The molecule has 1 fully saturated rings. The molecule has 3 atom stereocenters. The van der Waals surface area contributed by atoms with Gasteiger partial charge in [0.05, 0.1) is 7.11 Å². The van der Waals surface area contributed by atoms with E-state index in [1.54, 1.807) is 7.11 Å². The topological polar surface area (TPSA) is 21.3 Å². The van der Waals surface area contributed by atoms with Crippen LogP contribution in [0.1, 0.15) is 43.7 Å². The molecule has 1 aromatic rings. The zero-order valence-corrected chi connectivity index (χ0v) is 12.0. The smallest absolute Gasteiger partial charge is 0.119 e. The van der Waals surface area contributed by atoms with Crippen molar-refractivity contribution in [2.45, 2.75) is 45.6 Å². The SMILES string of the molecule is CCNC1CCC(c2ccc(OC)cc2C)C1C. The van der Waals surface area contributed by atoms with Gasteiger partial charge < -0.3 is 10.1 Å². The van der Waals surface area contributed by atoms with Crippen molar-refractivity contribution in [2.75, 3.05) is 13.7 Å². The summed E-state index contributed by atoms with van der Waals surface area (Å²) >= 11 is 0. The first-order valence-electron chi connectivity index (χ1n) is 7.05. The van der Waals surface area contributed by atoms with E-state index in [4.69, 9.17) is 4.74 Å². The molecule has 100 valence electrons. The quantitative estimate of drug-likeness (QED) is 0.879. The summed E-state index contributed by atoms with van der Waals surface area (Å²) in [4.78, 5) is 0. The van der Waals surface area contributed by atoms with E-state index in [0.717, 1.165) is 18.2 Å². The summed E-state index contributed by atoms with van der Waals surface area (Å²) in [6, 6.07) is 7.18. The average molecular weight is 247 g/mol. The van der Waals surface area contributed by atoms with Crippen LogP contribution in [0.25, 0.3) is 0 Å². The molecule has 0 aliphatic heterocycles. The second-order valence-electron chi connectivity index (χ2n) is 5.43. The molecule has 18 heavy (non-hydrogen) atoms. The molecule has 0 aromatic heterocycles. The monoisotopic (exact) mass is 247 g/mol. The van der Waals surface area contributed by atoms with E-state index in [2.05, 4.69) is 44.3 Å². The molecule has 1 aliphatic carbocycles. The Morgan fingerprint density at radius 1 is 1.33 bits per heavy atom. The van der Waals surface area contributed by atoms with Crippen molar-refractivity contribution in [3.8, 4) is 5.75 Å². The maximum Gasteiger partial charge on any atom is 0.119 e. The van der Waals surface area contributed by atoms with Gasteiger partial charge in [0, 0.05) is 6.04 Å². The molecule has 2 rings (SSSR count). The highest BCUT2D eigenvalue weighted by Gasteiger charge is 2.33. The summed E-state index contributed by atoms with van der Waals surface area (Å²) in [5, 5.41) is 3.61. The third kappa shape index (κ3) is 2.54. The standard InChI is InChI=1S/C16H25NO/c1-5-17-16-9-8-15(12(16)3)14-7-6-13(18-4)10-11(14)2/h6-7,10,12,15-17H,5,8-9H2,1-4H3. The first-order valence-corrected chi connectivity index (χ1v) is 7.05. The fourth-order valence-electron chi connectivity index (χ4n) is 3.35. The minimum absolute atomic E-state index is 0.682. The lowest BCUT2D eigenvalue weighted by Crippen LogP contribution is -2.32.